The van der Waals surface area contributed by atoms with Crippen molar-refractivity contribution in [2.75, 3.05) is 25.0 Å². The molecule has 1 saturated heterocycles. The van der Waals surface area contributed by atoms with Crippen LogP contribution < -0.4 is 10.5 Å². The second kappa shape index (κ2) is 8.95. The van der Waals surface area contributed by atoms with Crippen LogP contribution in [-0.4, -0.2) is 56.8 Å². The van der Waals surface area contributed by atoms with Crippen molar-refractivity contribution in [3.05, 3.63) is 76.5 Å². The fourth-order valence-corrected chi connectivity index (χ4v) is 3.77. The van der Waals surface area contributed by atoms with Gasteiger partial charge in [0, 0.05) is 49.7 Å². The van der Waals surface area contributed by atoms with Gasteiger partial charge in [-0.3, -0.25) is 19.5 Å². The monoisotopic (exact) mass is 420 g/mol. The molecule has 0 atom stereocenters. The molecule has 2 amide bonds. The van der Waals surface area contributed by atoms with E-state index in [4.69, 9.17) is 0 Å². The number of benzene rings is 1. The van der Waals surface area contributed by atoms with Crippen LogP contribution in [0.5, 0.6) is 0 Å². The van der Waals surface area contributed by atoms with E-state index < -0.39 is 0 Å². The molecule has 0 spiro atoms. The van der Waals surface area contributed by atoms with Gasteiger partial charge in [0.15, 0.2) is 5.69 Å². The molecule has 4 rings (SSSR count). The number of likely N-dealkylation sites (tertiary alicyclic amines) is 1. The van der Waals surface area contributed by atoms with Crippen LogP contribution in [0.3, 0.4) is 0 Å². The molecule has 9 nitrogen and oxygen atoms in total. The van der Waals surface area contributed by atoms with Crippen LogP contribution in [0.2, 0.25) is 0 Å². The first-order valence-electron chi connectivity index (χ1n) is 10.2. The Labute approximate surface area is 179 Å². The first kappa shape index (κ1) is 20.5. The van der Waals surface area contributed by atoms with Gasteiger partial charge in [0.2, 0.25) is 5.91 Å². The molecule has 9 heteroatoms. The Morgan fingerprint density at radius 1 is 1.13 bits per heavy atom. The smallest absolute Gasteiger partial charge is 0.278 e. The highest BCUT2D eigenvalue weighted by atomic mass is 16.2. The summed E-state index contributed by atoms with van der Waals surface area (Å²) in [7, 11) is 1.73. The Balaban J connectivity index is 1.35. The Kier molecular flexibility index (Phi) is 5.92. The molecule has 31 heavy (non-hydrogen) atoms. The molecule has 3 aromatic rings. The van der Waals surface area contributed by atoms with E-state index in [0.29, 0.717) is 18.8 Å². The van der Waals surface area contributed by atoms with Crippen molar-refractivity contribution < 1.29 is 9.59 Å². The number of amides is 2. The summed E-state index contributed by atoms with van der Waals surface area (Å²) in [5.41, 5.74) is 1.78. The van der Waals surface area contributed by atoms with Crippen LogP contribution >= 0.6 is 0 Å². The highest BCUT2D eigenvalue weighted by Crippen LogP contribution is 2.27. The van der Waals surface area contributed by atoms with Crippen molar-refractivity contribution in [3.63, 3.8) is 0 Å². The summed E-state index contributed by atoms with van der Waals surface area (Å²) >= 11 is 0. The molecule has 1 N–H and O–H groups in total. The number of aromatic nitrogens is 4. The maximum Gasteiger partial charge on any atom is 0.278 e. The van der Waals surface area contributed by atoms with Crippen molar-refractivity contribution in [3.8, 4) is 0 Å². The van der Waals surface area contributed by atoms with Crippen LogP contribution in [0, 0.1) is 0 Å². The van der Waals surface area contributed by atoms with E-state index in [1.54, 1.807) is 29.0 Å². The number of aromatic amines is 1. The van der Waals surface area contributed by atoms with Gasteiger partial charge in [-0.15, -0.1) is 0 Å². The number of hydrogen-bond acceptors (Lipinski definition) is 5. The van der Waals surface area contributed by atoms with Gasteiger partial charge in [0.25, 0.3) is 11.5 Å². The summed E-state index contributed by atoms with van der Waals surface area (Å²) in [5, 5.41) is 11.2. The van der Waals surface area contributed by atoms with Crippen LogP contribution in [-0.2, 0) is 11.3 Å². The van der Waals surface area contributed by atoms with Gasteiger partial charge in [-0.25, -0.2) is 4.68 Å². The highest BCUT2D eigenvalue weighted by molar-refractivity contribution is 6.04. The molecule has 0 radical (unpaired) electrons. The van der Waals surface area contributed by atoms with E-state index in [9.17, 15) is 14.4 Å². The lowest BCUT2D eigenvalue weighted by Gasteiger charge is -2.31. The van der Waals surface area contributed by atoms with Gasteiger partial charge in [-0.05, 0) is 37.1 Å². The number of nitrogens with zero attached hydrogens (tertiary/aromatic N) is 5. The van der Waals surface area contributed by atoms with E-state index >= 15 is 0 Å². The normalized spacial score (nSPS) is 14.4. The number of H-pyrrole nitrogens is 1. The lowest BCUT2D eigenvalue weighted by atomic mass is 9.93. The number of piperidine rings is 1. The van der Waals surface area contributed by atoms with Gasteiger partial charge < -0.3 is 9.80 Å². The fourth-order valence-electron chi connectivity index (χ4n) is 3.77. The highest BCUT2D eigenvalue weighted by Gasteiger charge is 2.26. The molecule has 3 heterocycles. The standard InChI is InChI=1S/C22H24N6O3/c1-26(17-6-3-2-4-7-17)22(31)19-14-18(24-25-19)16-9-12-27(13-10-16)21(30)15-28-20(29)8-5-11-23-28/h2-8,11,14,16H,9-10,12-13,15H2,1H3,(H,24,25). The van der Waals surface area contributed by atoms with Gasteiger partial charge in [-0.2, -0.15) is 10.2 Å². The van der Waals surface area contributed by atoms with E-state index in [-0.39, 0.29) is 29.8 Å². The number of carbonyl (C=O) groups is 2. The topological polar surface area (TPSA) is 104 Å². The third-order valence-corrected chi connectivity index (χ3v) is 5.62. The summed E-state index contributed by atoms with van der Waals surface area (Å²) in [5.74, 6) is -0.107. The van der Waals surface area contributed by atoms with Crippen LogP contribution in [0.1, 0.15) is 34.9 Å². The van der Waals surface area contributed by atoms with Crippen LogP contribution in [0.15, 0.2) is 59.5 Å². The van der Waals surface area contributed by atoms with Crippen molar-refractivity contribution in [1.29, 1.82) is 0 Å². The molecular formula is C22H24N6O3. The van der Waals surface area contributed by atoms with Gasteiger partial charge in [0.05, 0.1) is 0 Å². The number of anilines is 1. The predicted octanol–water partition coefficient (Wildman–Crippen LogP) is 1.65. The quantitative estimate of drug-likeness (QED) is 0.676. The third kappa shape index (κ3) is 4.55. The minimum Gasteiger partial charge on any atom is -0.341 e. The first-order valence-corrected chi connectivity index (χ1v) is 10.2. The van der Waals surface area contributed by atoms with E-state index in [1.165, 1.54) is 16.9 Å². The molecule has 1 aromatic carbocycles. The van der Waals surface area contributed by atoms with Crippen molar-refractivity contribution in [2.24, 2.45) is 0 Å². The first-order chi connectivity index (χ1) is 15.0. The Bertz CT molecular complexity index is 1120. The van der Waals surface area contributed by atoms with Gasteiger partial charge in [0.1, 0.15) is 6.54 Å². The lowest BCUT2D eigenvalue weighted by molar-refractivity contribution is -0.133. The third-order valence-electron chi connectivity index (χ3n) is 5.62. The van der Waals surface area contributed by atoms with E-state index in [2.05, 4.69) is 15.3 Å². The maximum absolute atomic E-state index is 12.7. The average molecular weight is 420 g/mol. The summed E-state index contributed by atoms with van der Waals surface area (Å²) in [6.07, 6.45) is 3.01. The molecule has 1 fully saturated rings. The lowest BCUT2D eigenvalue weighted by Crippen LogP contribution is -2.41. The number of para-hydroxylation sites is 1. The van der Waals surface area contributed by atoms with Crippen molar-refractivity contribution >= 4 is 17.5 Å². The van der Waals surface area contributed by atoms with Crippen LogP contribution in [0.4, 0.5) is 5.69 Å². The Morgan fingerprint density at radius 2 is 1.87 bits per heavy atom. The zero-order valence-electron chi connectivity index (χ0n) is 17.3. The second-order valence-electron chi connectivity index (χ2n) is 7.58. The molecule has 0 saturated carbocycles. The van der Waals surface area contributed by atoms with Gasteiger partial charge in [-0.1, -0.05) is 18.2 Å². The van der Waals surface area contributed by atoms with Crippen molar-refractivity contribution in [1.82, 2.24) is 24.9 Å². The average Bonchev–Trinajstić information content (AvgIpc) is 3.30. The summed E-state index contributed by atoms with van der Waals surface area (Å²) in [6.45, 7) is 1.10. The molecule has 160 valence electrons. The van der Waals surface area contributed by atoms with E-state index in [0.717, 1.165) is 24.2 Å². The summed E-state index contributed by atoms with van der Waals surface area (Å²) in [6, 6.07) is 14.2. The molecule has 2 aromatic heterocycles. The zero-order chi connectivity index (χ0) is 21.8. The molecule has 0 aliphatic carbocycles. The number of hydrogen-bond donors (Lipinski definition) is 1. The number of nitrogens with one attached hydrogen (secondary N) is 1. The van der Waals surface area contributed by atoms with Crippen molar-refractivity contribution in [2.45, 2.75) is 25.3 Å². The summed E-state index contributed by atoms with van der Waals surface area (Å²) < 4.78 is 1.17. The van der Waals surface area contributed by atoms with Crippen LogP contribution in [0.25, 0.3) is 0 Å². The number of carbonyl (C=O) groups excluding carboxylic acids is 2. The fraction of sp³-hybridized carbons (Fsp3) is 0.318. The SMILES string of the molecule is CN(C(=O)c1cc(C2CCN(C(=O)Cn3ncccc3=O)CC2)[nH]n1)c1ccccc1. The van der Waals surface area contributed by atoms with Gasteiger partial charge >= 0.3 is 0 Å². The van der Waals surface area contributed by atoms with E-state index in [1.807, 2.05) is 30.3 Å². The maximum atomic E-state index is 12.7. The Hall–Kier alpha value is -3.75. The minimum atomic E-state index is -0.291. The molecular weight excluding hydrogens is 396 g/mol. The second-order valence-corrected chi connectivity index (χ2v) is 7.58. The molecule has 1 aliphatic heterocycles. The molecule has 0 unspecified atom stereocenters. The number of rotatable bonds is 5. The molecule has 1 aliphatic rings. The minimum absolute atomic E-state index is 0.0567. The Morgan fingerprint density at radius 3 is 2.58 bits per heavy atom. The molecule has 0 bridgehead atoms. The summed E-state index contributed by atoms with van der Waals surface area (Å²) in [4.78, 5) is 40.3. The predicted molar refractivity (Wildman–Crippen MR) is 115 cm³/mol. The largest absolute Gasteiger partial charge is 0.341 e. The zero-order valence-corrected chi connectivity index (χ0v) is 17.3.